The average Bonchev–Trinajstić information content (AvgIpc) is 2.69. The van der Waals surface area contributed by atoms with E-state index in [9.17, 15) is 18.5 Å². The zero-order valence-electron chi connectivity index (χ0n) is 10.7. The first-order valence-electron chi connectivity index (χ1n) is 5.93. The van der Waals surface area contributed by atoms with E-state index in [1.54, 1.807) is 0 Å². The third-order valence-corrected chi connectivity index (χ3v) is 5.70. The van der Waals surface area contributed by atoms with E-state index in [0.29, 0.717) is 6.54 Å². The quantitative estimate of drug-likeness (QED) is 0.665. The molecule has 2 atom stereocenters. The third-order valence-electron chi connectivity index (χ3n) is 3.38. The lowest BCUT2D eigenvalue weighted by Gasteiger charge is -2.16. The Morgan fingerprint density at radius 2 is 2.10 bits per heavy atom. The molecule has 1 aliphatic rings. The second kappa shape index (κ2) is 5.28. The molecule has 2 N–H and O–H groups in total. The molecule has 1 saturated heterocycles. The van der Waals surface area contributed by atoms with Crippen molar-refractivity contribution >= 4 is 27.3 Å². The summed E-state index contributed by atoms with van der Waals surface area (Å²) in [4.78, 5) is 9.86. The zero-order chi connectivity index (χ0) is 15.1. The summed E-state index contributed by atoms with van der Waals surface area (Å²) in [5.74, 6) is 0.0570. The smallest absolute Gasteiger partial charge is 0.271 e. The molecule has 1 aliphatic heterocycles. The molecular weight excluding hydrogens is 306 g/mol. The standard InChI is InChI=1S/C11H14ClN3O4S/c1-7-5-14(6-10(7)13)20(18,19)11-3-2-8(15(16)17)4-9(11)12/h2-4,7,10H,5-6,13H2,1H3. The molecule has 1 fully saturated rings. The lowest BCUT2D eigenvalue weighted by Crippen LogP contribution is -2.32. The van der Waals surface area contributed by atoms with Gasteiger partial charge in [-0.05, 0) is 12.0 Å². The maximum absolute atomic E-state index is 12.4. The first kappa shape index (κ1) is 15.2. The van der Waals surface area contributed by atoms with Crippen molar-refractivity contribution in [2.24, 2.45) is 11.7 Å². The van der Waals surface area contributed by atoms with Gasteiger partial charge >= 0.3 is 0 Å². The molecule has 20 heavy (non-hydrogen) atoms. The number of non-ortho nitro benzene ring substituents is 1. The van der Waals surface area contributed by atoms with Crippen molar-refractivity contribution in [3.8, 4) is 0 Å². The van der Waals surface area contributed by atoms with Crippen LogP contribution in [0.3, 0.4) is 0 Å². The van der Waals surface area contributed by atoms with Gasteiger partial charge in [0.1, 0.15) is 4.90 Å². The van der Waals surface area contributed by atoms with E-state index in [1.807, 2.05) is 6.92 Å². The topological polar surface area (TPSA) is 107 Å². The first-order chi connectivity index (χ1) is 9.23. The van der Waals surface area contributed by atoms with Gasteiger partial charge in [0.25, 0.3) is 5.69 Å². The average molecular weight is 320 g/mol. The van der Waals surface area contributed by atoms with Gasteiger partial charge in [0.15, 0.2) is 0 Å². The predicted molar refractivity (Wildman–Crippen MR) is 74.0 cm³/mol. The molecule has 9 heteroatoms. The molecule has 2 rings (SSSR count). The Bertz CT molecular complexity index is 639. The van der Waals surface area contributed by atoms with Crippen LogP contribution < -0.4 is 5.73 Å². The van der Waals surface area contributed by atoms with Crippen molar-refractivity contribution in [1.82, 2.24) is 4.31 Å². The normalized spacial score (nSPS) is 23.9. The van der Waals surface area contributed by atoms with Crippen LogP contribution in [0.2, 0.25) is 5.02 Å². The van der Waals surface area contributed by atoms with Gasteiger partial charge in [-0.2, -0.15) is 4.31 Å². The highest BCUT2D eigenvalue weighted by Crippen LogP contribution is 2.30. The number of nitrogens with zero attached hydrogens (tertiary/aromatic N) is 2. The highest BCUT2D eigenvalue weighted by Gasteiger charge is 2.36. The summed E-state index contributed by atoms with van der Waals surface area (Å²) < 4.78 is 26.1. The molecule has 0 amide bonds. The van der Waals surface area contributed by atoms with Gasteiger partial charge < -0.3 is 5.73 Å². The lowest BCUT2D eigenvalue weighted by atomic mass is 10.1. The van der Waals surface area contributed by atoms with E-state index in [2.05, 4.69) is 0 Å². The Labute approximate surface area is 121 Å². The van der Waals surface area contributed by atoms with E-state index < -0.39 is 14.9 Å². The number of hydrogen-bond donors (Lipinski definition) is 1. The molecule has 1 aromatic carbocycles. The van der Waals surface area contributed by atoms with Crippen LogP contribution >= 0.6 is 11.6 Å². The number of hydrogen-bond acceptors (Lipinski definition) is 5. The molecule has 110 valence electrons. The Morgan fingerprint density at radius 1 is 1.45 bits per heavy atom. The molecule has 0 bridgehead atoms. The highest BCUT2D eigenvalue weighted by molar-refractivity contribution is 7.89. The minimum atomic E-state index is -3.78. The summed E-state index contributed by atoms with van der Waals surface area (Å²) in [5, 5.41) is 10.5. The number of nitro benzene ring substituents is 1. The lowest BCUT2D eigenvalue weighted by molar-refractivity contribution is -0.384. The van der Waals surface area contributed by atoms with Crippen molar-refractivity contribution in [2.45, 2.75) is 17.9 Å². The molecule has 0 radical (unpaired) electrons. The largest absolute Gasteiger partial charge is 0.326 e. The number of halogens is 1. The minimum Gasteiger partial charge on any atom is -0.326 e. The van der Waals surface area contributed by atoms with E-state index >= 15 is 0 Å². The molecule has 2 unspecified atom stereocenters. The number of benzene rings is 1. The van der Waals surface area contributed by atoms with E-state index in [4.69, 9.17) is 17.3 Å². The van der Waals surface area contributed by atoms with E-state index in [0.717, 1.165) is 18.2 Å². The van der Waals surface area contributed by atoms with Crippen LogP contribution in [0.4, 0.5) is 5.69 Å². The number of sulfonamides is 1. The molecule has 7 nitrogen and oxygen atoms in total. The summed E-state index contributed by atoms with van der Waals surface area (Å²) in [6, 6.07) is 3.10. The fourth-order valence-electron chi connectivity index (χ4n) is 2.09. The van der Waals surface area contributed by atoms with Crippen LogP contribution in [0.1, 0.15) is 6.92 Å². The zero-order valence-corrected chi connectivity index (χ0v) is 12.3. The first-order valence-corrected chi connectivity index (χ1v) is 7.75. The summed E-state index contributed by atoms with van der Waals surface area (Å²) in [6.45, 7) is 2.41. The van der Waals surface area contributed by atoms with Crippen LogP contribution in [-0.2, 0) is 10.0 Å². The van der Waals surface area contributed by atoms with Crippen LogP contribution in [-0.4, -0.2) is 36.8 Å². The minimum absolute atomic E-state index is 0.0570. The van der Waals surface area contributed by atoms with Crippen molar-refractivity contribution in [2.75, 3.05) is 13.1 Å². The van der Waals surface area contributed by atoms with Crippen molar-refractivity contribution in [3.05, 3.63) is 33.3 Å². The summed E-state index contributed by atoms with van der Waals surface area (Å²) in [6.07, 6.45) is 0. The predicted octanol–water partition coefficient (Wildman–Crippen LogP) is 1.22. The van der Waals surface area contributed by atoms with Crippen LogP contribution in [0.25, 0.3) is 0 Å². The van der Waals surface area contributed by atoms with Crippen molar-refractivity contribution in [3.63, 3.8) is 0 Å². The molecule has 0 saturated carbocycles. The molecular formula is C11H14ClN3O4S. The fourth-order valence-corrected chi connectivity index (χ4v) is 4.18. The monoisotopic (exact) mass is 319 g/mol. The summed E-state index contributed by atoms with van der Waals surface area (Å²) in [5.41, 5.74) is 5.57. The van der Waals surface area contributed by atoms with E-state index in [1.165, 1.54) is 4.31 Å². The van der Waals surface area contributed by atoms with Gasteiger partial charge in [-0.1, -0.05) is 18.5 Å². The Balaban J connectivity index is 2.38. The van der Waals surface area contributed by atoms with Gasteiger partial charge in [-0.15, -0.1) is 0 Å². The number of rotatable bonds is 3. The Kier molecular flexibility index (Phi) is 4.01. The maximum atomic E-state index is 12.4. The van der Waals surface area contributed by atoms with Crippen molar-refractivity contribution < 1.29 is 13.3 Å². The number of nitrogens with two attached hydrogens (primary N) is 1. The summed E-state index contributed by atoms with van der Waals surface area (Å²) >= 11 is 5.87. The highest BCUT2D eigenvalue weighted by atomic mass is 35.5. The summed E-state index contributed by atoms with van der Waals surface area (Å²) in [7, 11) is -3.78. The van der Waals surface area contributed by atoms with Gasteiger partial charge in [-0.3, -0.25) is 10.1 Å². The molecule has 0 aliphatic carbocycles. The van der Waals surface area contributed by atoms with Gasteiger partial charge in [-0.25, -0.2) is 8.42 Å². The third kappa shape index (κ3) is 2.64. The second-order valence-electron chi connectivity index (χ2n) is 4.83. The molecule has 1 aromatic rings. The SMILES string of the molecule is CC1CN(S(=O)(=O)c2ccc([N+](=O)[O-])cc2Cl)CC1N. The van der Waals surface area contributed by atoms with E-state index in [-0.39, 0.29) is 34.1 Å². The van der Waals surface area contributed by atoms with Gasteiger partial charge in [0, 0.05) is 31.3 Å². The molecule has 1 heterocycles. The second-order valence-corrected chi connectivity index (χ2v) is 7.15. The van der Waals surface area contributed by atoms with Crippen LogP contribution in [0.15, 0.2) is 23.1 Å². The fraction of sp³-hybridized carbons (Fsp3) is 0.455. The van der Waals surface area contributed by atoms with Crippen LogP contribution in [0, 0.1) is 16.0 Å². The van der Waals surface area contributed by atoms with Crippen molar-refractivity contribution in [1.29, 1.82) is 0 Å². The van der Waals surface area contributed by atoms with Gasteiger partial charge in [0.2, 0.25) is 10.0 Å². The van der Waals surface area contributed by atoms with Crippen LogP contribution in [0.5, 0.6) is 0 Å². The molecule has 0 spiro atoms. The Hall–Kier alpha value is -1.22. The Morgan fingerprint density at radius 3 is 2.55 bits per heavy atom. The molecule has 0 aromatic heterocycles. The number of nitro groups is 1. The maximum Gasteiger partial charge on any atom is 0.271 e. The van der Waals surface area contributed by atoms with Gasteiger partial charge in [0.05, 0.1) is 9.95 Å².